The fourth-order valence-electron chi connectivity index (χ4n) is 3.92. The van der Waals surface area contributed by atoms with Crippen LogP contribution in [0.4, 0.5) is 0 Å². The average Bonchev–Trinajstić information content (AvgIpc) is 3.10. The molecule has 1 amide bonds. The van der Waals surface area contributed by atoms with Crippen molar-refractivity contribution in [3.05, 3.63) is 35.9 Å². The number of nitrogens with zero attached hydrogens (tertiary/aromatic N) is 4. The van der Waals surface area contributed by atoms with Gasteiger partial charge in [0.25, 0.3) is 5.91 Å². The Morgan fingerprint density at radius 3 is 2.76 bits per heavy atom. The van der Waals surface area contributed by atoms with Crippen molar-refractivity contribution >= 4 is 21.4 Å². The fourth-order valence-corrected chi connectivity index (χ4v) is 4.83. The zero-order chi connectivity index (χ0) is 21.0. The molecule has 2 aromatic heterocycles. The topological polar surface area (TPSA) is 87.0 Å². The first-order chi connectivity index (χ1) is 13.8. The van der Waals surface area contributed by atoms with E-state index in [9.17, 15) is 13.2 Å². The van der Waals surface area contributed by atoms with E-state index in [1.165, 1.54) is 10.6 Å². The largest absolute Gasteiger partial charge is 0.349 e. The van der Waals surface area contributed by atoms with E-state index in [-0.39, 0.29) is 11.8 Å². The van der Waals surface area contributed by atoms with E-state index in [0.717, 1.165) is 43.8 Å². The normalized spacial score (nSPS) is 18.4. The molecule has 0 saturated carbocycles. The molecule has 8 nitrogen and oxygen atoms in total. The summed E-state index contributed by atoms with van der Waals surface area (Å²) >= 11 is 0. The van der Waals surface area contributed by atoms with Crippen LogP contribution < -0.4 is 5.32 Å². The van der Waals surface area contributed by atoms with Crippen LogP contribution in [0.15, 0.2) is 24.4 Å². The van der Waals surface area contributed by atoms with Gasteiger partial charge < -0.3 is 14.6 Å². The number of fused-ring (bicyclic) bond motifs is 1. The van der Waals surface area contributed by atoms with Gasteiger partial charge in [-0.15, -0.1) is 0 Å². The van der Waals surface area contributed by atoms with Gasteiger partial charge in [-0.05, 0) is 38.1 Å². The van der Waals surface area contributed by atoms with Crippen LogP contribution in [-0.2, 0) is 10.0 Å². The lowest BCUT2D eigenvalue weighted by Gasteiger charge is -2.30. The van der Waals surface area contributed by atoms with Gasteiger partial charge >= 0.3 is 0 Å². The van der Waals surface area contributed by atoms with Crippen LogP contribution >= 0.6 is 0 Å². The zero-order valence-electron chi connectivity index (χ0n) is 17.5. The van der Waals surface area contributed by atoms with Crippen LogP contribution in [-0.4, -0.2) is 78.4 Å². The molecule has 1 atom stereocenters. The maximum absolute atomic E-state index is 12.8. The number of piperidine rings is 1. The zero-order valence-corrected chi connectivity index (χ0v) is 18.3. The van der Waals surface area contributed by atoms with E-state index in [1.807, 2.05) is 28.8 Å². The number of aromatic nitrogens is 2. The maximum Gasteiger partial charge on any atom is 0.272 e. The van der Waals surface area contributed by atoms with E-state index in [0.29, 0.717) is 25.3 Å². The highest BCUT2D eigenvalue weighted by Gasteiger charge is 2.30. The molecule has 9 heteroatoms. The Hall–Kier alpha value is -1.97. The van der Waals surface area contributed by atoms with Gasteiger partial charge in [-0.1, -0.05) is 19.9 Å². The summed E-state index contributed by atoms with van der Waals surface area (Å²) in [5, 5.41) is 2.98. The number of rotatable bonds is 8. The molecule has 1 N–H and O–H groups in total. The summed E-state index contributed by atoms with van der Waals surface area (Å²) in [7, 11) is -3.24. The minimum absolute atomic E-state index is 0.0365. The Labute approximate surface area is 172 Å². The molecule has 1 fully saturated rings. The molecule has 2 aromatic rings. The lowest BCUT2D eigenvalue weighted by molar-refractivity contribution is 0.0946. The molecule has 0 aliphatic carbocycles. The Morgan fingerprint density at radius 2 is 2.07 bits per heavy atom. The second kappa shape index (κ2) is 9.23. The number of sulfonamides is 1. The minimum atomic E-state index is -3.24. The van der Waals surface area contributed by atoms with Crippen LogP contribution in [0.5, 0.6) is 0 Å². The third-order valence-electron chi connectivity index (χ3n) is 5.62. The van der Waals surface area contributed by atoms with Crippen molar-refractivity contribution < 1.29 is 13.2 Å². The molecule has 1 aliphatic rings. The van der Waals surface area contributed by atoms with Crippen molar-refractivity contribution in [3.63, 3.8) is 0 Å². The highest BCUT2D eigenvalue weighted by Crippen LogP contribution is 2.29. The third kappa shape index (κ3) is 4.96. The van der Waals surface area contributed by atoms with Crippen molar-refractivity contribution in [2.24, 2.45) is 0 Å². The Kier molecular flexibility index (Phi) is 6.92. The first kappa shape index (κ1) is 21.7. The Bertz CT molecular complexity index is 952. The molecular formula is C20H31N5O3S. The predicted molar refractivity (Wildman–Crippen MR) is 114 cm³/mol. The molecule has 0 aromatic carbocycles. The highest BCUT2D eigenvalue weighted by molar-refractivity contribution is 7.88. The van der Waals surface area contributed by atoms with Gasteiger partial charge in [0.1, 0.15) is 5.82 Å². The molecule has 3 heterocycles. The quantitative estimate of drug-likeness (QED) is 0.699. The number of pyridine rings is 1. The van der Waals surface area contributed by atoms with Crippen molar-refractivity contribution in [1.29, 1.82) is 0 Å². The van der Waals surface area contributed by atoms with Crippen molar-refractivity contribution in [1.82, 2.24) is 23.9 Å². The van der Waals surface area contributed by atoms with E-state index in [1.54, 1.807) is 0 Å². The van der Waals surface area contributed by atoms with Crippen molar-refractivity contribution in [2.45, 2.75) is 32.6 Å². The summed E-state index contributed by atoms with van der Waals surface area (Å²) in [4.78, 5) is 19.8. The maximum atomic E-state index is 12.8. The minimum Gasteiger partial charge on any atom is -0.349 e. The predicted octanol–water partition coefficient (Wildman–Crippen LogP) is 1.54. The number of hydrogen-bond donors (Lipinski definition) is 1. The number of imidazole rings is 1. The van der Waals surface area contributed by atoms with Gasteiger partial charge in [0.05, 0.1) is 11.8 Å². The SMILES string of the molecule is CCN(CC)CCNC(=O)c1nc([C@H]2CCCN(S(C)(=O)=O)C2)n2ccccc12. The van der Waals surface area contributed by atoms with Crippen LogP contribution in [0.1, 0.15) is 48.9 Å². The number of nitrogens with one attached hydrogen (secondary N) is 1. The van der Waals surface area contributed by atoms with Gasteiger partial charge in [-0.25, -0.2) is 17.7 Å². The molecule has 0 bridgehead atoms. The summed E-state index contributed by atoms with van der Waals surface area (Å²) < 4.78 is 27.4. The number of hydrogen-bond acceptors (Lipinski definition) is 5. The first-order valence-electron chi connectivity index (χ1n) is 10.3. The van der Waals surface area contributed by atoms with Gasteiger partial charge in [0.2, 0.25) is 10.0 Å². The molecule has 0 spiro atoms. The number of carbonyl (C=O) groups is 1. The number of carbonyl (C=O) groups excluding carboxylic acids is 1. The van der Waals surface area contributed by atoms with Gasteiger partial charge in [-0.2, -0.15) is 0 Å². The van der Waals surface area contributed by atoms with Crippen LogP contribution in [0.2, 0.25) is 0 Å². The van der Waals surface area contributed by atoms with Crippen molar-refractivity contribution in [3.8, 4) is 0 Å². The van der Waals surface area contributed by atoms with Crippen molar-refractivity contribution in [2.75, 3.05) is 45.5 Å². The van der Waals surface area contributed by atoms with Crippen LogP contribution in [0.3, 0.4) is 0 Å². The highest BCUT2D eigenvalue weighted by atomic mass is 32.2. The standard InChI is InChI=1S/C20H31N5O3S/c1-4-23(5-2)14-11-21-20(26)18-17-10-6-7-13-25(17)19(22-18)16-9-8-12-24(15-16)29(3,27)28/h6-7,10,13,16H,4-5,8-9,11-12,14-15H2,1-3H3,(H,21,26)/t16-/m0/s1. The molecule has 3 rings (SSSR count). The lowest BCUT2D eigenvalue weighted by Crippen LogP contribution is -2.38. The monoisotopic (exact) mass is 421 g/mol. The van der Waals surface area contributed by atoms with Gasteiger partial charge in [0.15, 0.2) is 5.69 Å². The summed E-state index contributed by atoms with van der Waals surface area (Å²) in [5.74, 6) is 0.524. The average molecular weight is 422 g/mol. The van der Waals surface area contributed by atoms with E-state index in [2.05, 4.69) is 29.0 Å². The van der Waals surface area contributed by atoms with Crippen LogP contribution in [0, 0.1) is 0 Å². The second-order valence-electron chi connectivity index (χ2n) is 7.52. The second-order valence-corrected chi connectivity index (χ2v) is 9.50. The number of likely N-dealkylation sites (N-methyl/N-ethyl adjacent to an activating group) is 1. The lowest BCUT2D eigenvalue weighted by atomic mass is 9.99. The molecule has 29 heavy (non-hydrogen) atoms. The van der Waals surface area contributed by atoms with Crippen LogP contribution in [0.25, 0.3) is 5.52 Å². The molecule has 1 saturated heterocycles. The van der Waals surface area contributed by atoms with E-state index >= 15 is 0 Å². The summed E-state index contributed by atoms with van der Waals surface area (Å²) in [6, 6.07) is 5.67. The smallest absolute Gasteiger partial charge is 0.272 e. The molecule has 0 unspecified atom stereocenters. The summed E-state index contributed by atoms with van der Waals surface area (Å²) in [5.41, 5.74) is 1.15. The van der Waals surface area contributed by atoms with Gasteiger partial charge in [0, 0.05) is 38.3 Å². The Balaban J connectivity index is 1.83. The molecule has 160 valence electrons. The first-order valence-corrected chi connectivity index (χ1v) is 12.1. The van der Waals surface area contributed by atoms with E-state index in [4.69, 9.17) is 0 Å². The summed E-state index contributed by atoms with van der Waals surface area (Å²) in [6.07, 6.45) is 4.77. The molecular weight excluding hydrogens is 390 g/mol. The molecule has 1 aliphatic heterocycles. The number of amides is 1. The van der Waals surface area contributed by atoms with E-state index < -0.39 is 10.0 Å². The fraction of sp³-hybridized carbons (Fsp3) is 0.600. The summed E-state index contributed by atoms with van der Waals surface area (Å²) in [6.45, 7) is 8.39. The molecule has 0 radical (unpaired) electrons. The van der Waals surface area contributed by atoms with Gasteiger partial charge in [-0.3, -0.25) is 4.79 Å². The third-order valence-corrected chi connectivity index (χ3v) is 6.89. The Morgan fingerprint density at radius 1 is 1.31 bits per heavy atom.